The van der Waals surface area contributed by atoms with Crippen LogP contribution in [0.3, 0.4) is 0 Å². The lowest BCUT2D eigenvalue weighted by Crippen LogP contribution is -2.35. The van der Waals surface area contributed by atoms with Crippen LogP contribution in [0.25, 0.3) is 0 Å². The van der Waals surface area contributed by atoms with Crippen LogP contribution in [-0.2, 0) is 16.1 Å². The molecule has 0 spiro atoms. The number of nitrogens with one attached hydrogen (secondary N) is 2. The quantitative estimate of drug-likeness (QED) is 0.681. The molecule has 1 aromatic carbocycles. The summed E-state index contributed by atoms with van der Waals surface area (Å²) in [4.78, 5) is 11.4. The highest BCUT2D eigenvalue weighted by molar-refractivity contribution is 6.30. The van der Waals surface area contributed by atoms with E-state index in [1.54, 1.807) is 0 Å². The van der Waals surface area contributed by atoms with Crippen LogP contribution in [0.1, 0.15) is 5.56 Å². The minimum Gasteiger partial charge on any atom is -0.434 e. The van der Waals surface area contributed by atoms with Crippen molar-refractivity contribution in [3.63, 3.8) is 0 Å². The fourth-order valence-corrected chi connectivity index (χ4v) is 1.76. The van der Waals surface area contributed by atoms with Gasteiger partial charge in [-0.15, -0.1) is 0 Å². The first-order valence-corrected chi connectivity index (χ1v) is 6.60. The van der Waals surface area contributed by atoms with Gasteiger partial charge in [0.2, 0.25) is 5.91 Å². The van der Waals surface area contributed by atoms with E-state index < -0.39 is 6.61 Å². The normalized spacial score (nSPS) is 10.7. The molecule has 0 saturated carbocycles. The molecule has 0 aliphatic heterocycles. The van der Waals surface area contributed by atoms with Gasteiger partial charge >= 0.3 is 6.61 Å². The average Bonchev–Trinajstić information content (AvgIpc) is 2.41. The second-order valence-corrected chi connectivity index (χ2v) is 4.51. The summed E-state index contributed by atoms with van der Waals surface area (Å²) in [5, 5.41) is 5.86. The molecule has 0 aliphatic rings. The Morgan fingerprint density at radius 1 is 1.43 bits per heavy atom. The highest BCUT2D eigenvalue weighted by Gasteiger charge is 2.10. The Bertz CT molecular complexity index is 461. The molecule has 0 heterocycles. The topological polar surface area (TPSA) is 59.6 Å². The number of methoxy groups -OCH3 is 1. The summed E-state index contributed by atoms with van der Waals surface area (Å²) < 4.78 is 33.7. The molecule has 0 fully saturated rings. The van der Waals surface area contributed by atoms with Gasteiger partial charge in [-0.25, -0.2) is 0 Å². The van der Waals surface area contributed by atoms with Crippen LogP contribution in [0.5, 0.6) is 5.75 Å². The lowest BCUT2D eigenvalue weighted by Gasteiger charge is -2.12. The molecule has 0 unspecified atom stereocenters. The first-order valence-electron chi connectivity index (χ1n) is 6.22. The van der Waals surface area contributed by atoms with Gasteiger partial charge in [0.05, 0.1) is 13.2 Å². The molecular weight excluding hydrogens is 306 g/mol. The Labute approximate surface area is 126 Å². The summed E-state index contributed by atoms with van der Waals surface area (Å²) in [6, 6.07) is 4.33. The van der Waals surface area contributed by atoms with Crippen molar-refractivity contribution in [2.75, 3.05) is 26.8 Å². The third-order valence-electron chi connectivity index (χ3n) is 2.47. The van der Waals surface area contributed by atoms with Gasteiger partial charge in [-0.05, 0) is 18.2 Å². The number of carbonyl (C=O) groups is 1. The standard InChI is InChI=1S/C13H17ClF2N2O3/c1-20-5-4-18-12(19)8-17-7-9-6-10(14)2-3-11(9)21-13(15)16/h2-3,6,13,17H,4-5,7-8H2,1H3,(H,18,19). The van der Waals surface area contributed by atoms with Gasteiger partial charge in [0, 0.05) is 30.8 Å². The minimum atomic E-state index is -2.91. The smallest absolute Gasteiger partial charge is 0.387 e. The molecule has 1 aromatic rings. The van der Waals surface area contributed by atoms with Gasteiger partial charge in [0.15, 0.2) is 0 Å². The number of ether oxygens (including phenoxy) is 2. The number of benzene rings is 1. The zero-order chi connectivity index (χ0) is 15.7. The molecule has 0 aromatic heterocycles. The largest absolute Gasteiger partial charge is 0.434 e. The van der Waals surface area contributed by atoms with Gasteiger partial charge in [0.1, 0.15) is 5.75 Å². The monoisotopic (exact) mass is 322 g/mol. The molecule has 2 N–H and O–H groups in total. The van der Waals surface area contributed by atoms with Gasteiger partial charge in [-0.3, -0.25) is 4.79 Å². The molecule has 21 heavy (non-hydrogen) atoms. The van der Waals surface area contributed by atoms with Crippen molar-refractivity contribution in [2.24, 2.45) is 0 Å². The molecule has 0 atom stereocenters. The molecule has 1 amide bonds. The van der Waals surface area contributed by atoms with Crippen LogP contribution in [0.2, 0.25) is 5.02 Å². The van der Waals surface area contributed by atoms with Gasteiger partial charge in [-0.1, -0.05) is 11.6 Å². The van der Waals surface area contributed by atoms with E-state index in [0.29, 0.717) is 23.7 Å². The van der Waals surface area contributed by atoms with Crippen molar-refractivity contribution < 1.29 is 23.0 Å². The van der Waals surface area contributed by atoms with Crippen molar-refractivity contribution in [3.8, 4) is 5.75 Å². The second-order valence-electron chi connectivity index (χ2n) is 4.08. The van der Waals surface area contributed by atoms with Gasteiger partial charge in [-0.2, -0.15) is 8.78 Å². The number of halogens is 3. The number of alkyl halides is 2. The lowest BCUT2D eigenvalue weighted by atomic mass is 10.2. The van der Waals surface area contributed by atoms with Crippen molar-refractivity contribution in [3.05, 3.63) is 28.8 Å². The average molecular weight is 323 g/mol. The predicted molar refractivity (Wildman–Crippen MR) is 74.7 cm³/mol. The fraction of sp³-hybridized carbons (Fsp3) is 0.462. The van der Waals surface area contributed by atoms with Crippen molar-refractivity contribution in [1.82, 2.24) is 10.6 Å². The van der Waals surface area contributed by atoms with E-state index in [2.05, 4.69) is 15.4 Å². The van der Waals surface area contributed by atoms with E-state index in [1.165, 1.54) is 25.3 Å². The van der Waals surface area contributed by atoms with Crippen LogP contribution < -0.4 is 15.4 Å². The first-order chi connectivity index (χ1) is 10.0. The van der Waals surface area contributed by atoms with Crippen LogP contribution in [-0.4, -0.2) is 39.3 Å². The number of carbonyl (C=O) groups excluding carboxylic acids is 1. The van der Waals surface area contributed by atoms with E-state index in [-0.39, 0.29) is 24.7 Å². The maximum atomic E-state index is 12.3. The SMILES string of the molecule is COCCNC(=O)CNCc1cc(Cl)ccc1OC(F)F. The Hall–Kier alpha value is -1.44. The molecule has 0 aliphatic carbocycles. The van der Waals surface area contributed by atoms with Crippen LogP contribution in [0.4, 0.5) is 8.78 Å². The molecule has 0 radical (unpaired) electrons. The first kappa shape index (κ1) is 17.6. The molecule has 8 heteroatoms. The lowest BCUT2D eigenvalue weighted by molar-refractivity contribution is -0.120. The maximum Gasteiger partial charge on any atom is 0.387 e. The molecular formula is C13H17ClF2N2O3. The van der Waals surface area contributed by atoms with Gasteiger partial charge in [0.25, 0.3) is 0 Å². The maximum absolute atomic E-state index is 12.3. The van der Waals surface area contributed by atoms with Crippen LogP contribution >= 0.6 is 11.6 Å². The number of amides is 1. The van der Waals surface area contributed by atoms with E-state index in [4.69, 9.17) is 16.3 Å². The molecule has 0 saturated heterocycles. The summed E-state index contributed by atoms with van der Waals surface area (Å²) in [6.45, 7) is -1.85. The van der Waals surface area contributed by atoms with E-state index in [0.717, 1.165) is 0 Å². The number of hydrogen-bond acceptors (Lipinski definition) is 4. The molecule has 5 nitrogen and oxygen atoms in total. The number of rotatable bonds is 9. The number of hydrogen-bond donors (Lipinski definition) is 2. The summed E-state index contributed by atoms with van der Waals surface area (Å²) >= 11 is 5.82. The van der Waals surface area contributed by atoms with E-state index in [9.17, 15) is 13.6 Å². The van der Waals surface area contributed by atoms with Crippen molar-refractivity contribution in [1.29, 1.82) is 0 Å². The van der Waals surface area contributed by atoms with Crippen molar-refractivity contribution >= 4 is 17.5 Å². The second kappa shape index (κ2) is 9.49. The summed E-state index contributed by atoms with van der Waals surface area (Å²) in [7, 11) is 1.54. The minimum absolute atomic E-state index is 0.0293. The predicted octanol–water partition coefficient (Wildman–Crippen LogP) is 1.79. The van der Waals surface area contributed by atoms with Crippen LogP contribution in [0, 0.1) is 0 Å². The van der Waals surface area contributed by atoms with E-state index >= 15 is 0 Å². The molecule has 1 rings (SSSR count). The Morgan fingerprint density at radius 2 is 2.19 bits per heavy atom. The third-order valence-corrected chi connectivity index (χ3v) is 2.70. The summed E-state index contributed by atoms with van der Waals surface area (Å²) in [6.07, 6.45) is 0. The Morgan fingerprint density at radius 3 is 2.86 bits per heavy atom. The van der Waals surface area contributed by atoms with Crippen molar-refractivity contribution in [2.45, 2.75) is 13.2 Å². The van der Waals surface area contributed by atoms with Crippen LogP contribution in [0.15, 0.2) is 18.2 Å². The zero-order valence-electron chi connectivity index (χ0n) is 11.5. The van der Waals surface area contributed by atoms with Gasteiger partial charge < -0.3 is 20.1 Å². The third kappa shape index (κ3) is 7.22. The fourth-order valence-electron chi connectivity index (χ4n) is 1.56. The highest BCUT2D eigenvalue weighted by atomic mass is 35.5. The summed E-state index contributed by atoms with van der Waals surface area (Å²) in [5.41, 5.74) is 0.451. The Kier molecular flexibility index (Phi) is 7.96. The Balaban J connectivity index is 2.46. The molecule has 118 valence electrons. The summed E-state index contributed by atoms with van der Waals surface area (Å²) in [5.74, 6) is -0.188. The van der Waals surface area contributed by atoms with E-state index in [1.807, 2.05) is 0 Å². The highest BCUT2D eigenvalue weighted by Crippen LogP contribution is 2.24. The molecule has 0 bridgehead atoms. The zero-order valence-corrected chi connectivity index (χ0v) is 12.3.